The second kappa shape index (κ2) is 6.57. The predicted octanol–water partition coefficient (Wildman–Crippen LogP) is 3.72. The number of carbonyl (C=O) groups excluding carboxylic acids is 1. The number of carbonyl (C=O) groups is 1. The molecule has 0 radical (unpaired) electrons. The van der Waals surface area contributed by atoms with E-state index in [4.69, 9.17) is 11.6 Å². The number of nitrogens with zero attached hydrogens (tertiary/aromatic N) is 3. The van der Waals surface area contributed by atoms with Crippen molar-refractivity contribution in [2.75, 3.05) is 11.9 Å². The van der Waals surface area contributed by atoms with Crippen molar-refractivity contribution >= 4 is 23.3 Å². The van der Waals surface area contributed by atoms with E-state index < -0.39 is 0 Å². The van der Waals surface area contributed by atoms with E-state index in [-0.39, 0.29) is 6.03 Å². The van der Waals surface area contributed by atoms with Crippen molar-refractivity contribution in [2.24, 2.45) is 0 Å². The zero-order chi connectivity index (χ0) is 17.2. The molecule has 3 aromatic rings. The maximum atomic E-state index is 12.6. The van der Waals surface area contributed by atoms with Gasteiger partial charge in [0.1, 0.15) is 0 Å². The number of rotatable bonds is 2. The van der Waals surface area contributed by atoms with E-state index in [2.05, 4.69) is 20.5 Å². The average molecular weight is 354 g/mol. The fourth-order valence-electron chi connectivity index (χ4n) is 2.99. The Morgan fingerprint density at radius 2 is 2.08 bits per heavy atom. The summed E-state index contributed by atoms with van der Waals surface area (Å²) in [5, 5.41) is 11.0. The van der Waals surface area contributed by atoms with Gasteiger partial charge in [-0.3, -0.25) is 10.1 Å². The number of hydrogen-bond acceptors (Lipinski definition) is 3. The molecule has 1 aliphatic rings. The molecule has 0 fully saturated rings. The highest BCUT2D eigenvalue weighted by molar-refractivity contribution is 6.30. The Morgan fingerprint density at radius 1 is 1.24 bits per heavy atom. The third-order valence-electron chi connectivity index (χ3n) is 4.25. The monoisotopic (exact) mass is 353 g/mol. The van der Waals surface area contributed by atoms with Crippen LogP contribution in [-0.2, 0) is 13.0 Å². The fraction of sp³-hybridized carbons (Fsp3) is 0.167. The highest BCUT2D eigenvalue weighted by Gasteiger charge is 2.25. The molecule has 0 aliphatic carbocycles. The van der Waals surface area contributed by atoms with E-state index in [1.165, 1.54) is 0 Å². The van der Waals surface area contributed by atoms with Gasteiger partial charge in [0.05, 0.1) is 12.2 Å². The van der Waals surface area contributed by atoms with Gasteiger partial charge in [0.2, 0.25) is 0 Å². The molecule has 0 unspecified atom stereocenters. The lowest BCUT2D eigenvalue weighted by molar-refractivity contribution is 0.206. The van der Waals surface area contributed by atoms with Crippen LogP contribution in [0.15, 0.2) is 48.8 Å². The number of fused-ring (bicyclic) bond motifs is 1. The van der Waals surface area contributed by atoms with Gasteiger partial charge in [-0.15, -0.1) is 0 Å². The summed E-state index contributed by atoms with van der Waals surface area (Å²) in [6, 6.07) is 10.8. The van der Waals surface area contributed by atoms with Crippen LogP contribution in [0.3, 0.4) is 0 Å². The van der Waals surface area contributed by atoms with Crippen LogP contribution in [0.2, 0.25) is 5.02 Å². The van der Waals surface area contributed by atoms with Crippen molar-refractivity contribution in [3.8, 4) is 11.3 Å². The molecule has 2 N–H and O–H groups in total. The molecule has 3 heterocycles. The number of H-pyrrole nitrogens is 1. The summed E-state index contributed by atoms with van der Waals surface area (Å²) in [7, 11) is 0. The number of hydrogen-bond donors (Lipinski definition) is 2. The van der Waals surface area contributed by atoms with E-state index in [1.807, 2.05) is 24.3 Å². The Kier molecular flexibility index (Phi) is 4.11. The first-order valence-electron chi connectivity index (χ1n) is 7.99. The molecule has 0 spiro atoms. The van der Waals surface area contributed by atoms with E-state index in [9.17, 15) is 4.79 Å². The lowest BCUT2D eigenvalue weighted by Crippen LogP contribution is -2.38. The van der Waals surface area contributed by atoms with Crippen LogP contribution in [0, 0.1) is 0 Å². The molecule has 1 aliphatic heterocycles. The van der Waals surface area contributed by atoms with Crippen LogP contribution in [-0.4, -0.2) is 32.7 Å². The number of benzene rings is 1. The second-order valence-corrected chi connectivity index (χ2v) is 6.31. The van der Waals surface area contributed by atoms with Crippen molar-refractivity contribution in [1.29, 1.82) is 0 Å². The summed E-state index contributed by atoms with van der Waals surface area (Å²) in [5.41, 5.74) is 4.68. The first kappa shape index (κ1) is 15.7. The molecule has 7 heteroatoms. The molecule has 2 amide bonds. The molecule has 2 aromatic heterocycles. The fourth-order valence-corrected chi connectivity index (χ4v) is 3.18. The van der Waals surface area contributed by atoms with Gasteiger partial charge in [-0.1, -0.05) is 17.7 Å². The van der Waals surface area contributed by atoms with Crippen LogP contribution >= 0.6 is 11.6 Å². The molecule has 0 saturated carbocycles. The molecule has 0 bridgehead atoms. The number of halogens is 1. The normalized spacial score (nSPS) is 13.4. The van der Waals surface area contributed by atoms with Gasteiger partial charge in [-0.05, 0) is 30.3 Å². The van der Waals surface area contributed by atoms with Crippen molar-refractivity contribution < 1.29 is 4.79 Å². The molecule has 6 nitrogen and oxygen atoms in total. The van der Waals surface area contributed by atoms with Gasteiger partial charge in [0, 0.05) is 52.9 Å². The zero-order valence-corrected chi connectivity index (χ0v) is 14.1. The first-order chi connectivity index (χ1) is 12.2. The third-order valence-corrected chi connectivity index (χ3v) is 4.49. The lowest BCUT2D eigenvalue weighted by Gasteiger charge is -2.27. The van der Waals surface area contributed by atoms with Gasteiger partial charge in [0.25, 0.3) is 0 Å². The second-order valence-electron chi connectivity index (χ2n) is 5.88. The number of urea groups is 1. The van der Waals surface area contributed by atoms with Crippen LogP contribution < -0.4 is 5.32 Å². The highest BCUT2D eigenvalue weighted by Crippen LogP contribution is 2.28. The summed E-state index contributed by atoms with van der Waals surface area (Å²) >= 11 is 5.97. The Bertz CT molecular complexity index is 909. The summed E-state index contributed by atoms with van der Waals surface area (Å²) in [6.07, 6.45) is 4.22. The maximum absolute atomic E-state index is 12.6. The van der Waals surface area contributed by atoms with E-state index in [0.29, 0.717) is 23.8 Å². The van der Waals surface area contributed by atoms with Crippen molar-refractivity contribution in [1.82, 2.24) is 20.1 Å². The summed E-state index contributed by atoms with van der Waals surface area (Å²) in [6.45, 7) is 1.15. The number of nitrogens with one attached hydrogen (secondary N) is 2. The highest BCUT2D eigenvalue weighted by atomic mass is 35.5. The minimum absolute atomic E-state index is 0.144. The third kappa shape index (κ3) is 3.21. The Balaban J connectivity index is 1.54. The maximum Gasteiger partial charge on any atom is 0.322 e. The topological polar surface area (TPSA) is 73.9 Å². The SMILES string of the molecule is O=C(Nc1cccc(Cl)c1)N1CCc2[nH]nc(-c3ccncc3)c2C1. The quantitative estimate of drug-likeness (QED) is 0.737. The Labute approximate surface area is 149 Å². The zero-order valence-electron chi connectivity index (χ0n) is 13.4. The molecule has 4 rings (SSSR count). The molecule has 1 aromatic carbocycles. The first-order valence-corrected chi connectivity index (χ1v) is 8.36. The average Bonchev–Trinajstić information content (AvgIpc) is 3.05. The predicted molar refractivity (Wildman–Crippen MR) is 96.4 cm³/mol. The number of aromatic nitrogens is 3. The van der Waals surface area contributed by atoms with Crippen molar-refractivity contribution in [3.63, 3.8) is 0 Å². The number of aromatic amines is 1. The molecule has 0 saturated heterocycles. The minimum atomic E-state index is -0.144. The van der Waals surface area contributed by atoms with Gasteiger partial charge in [-0.25, -0.2) is 4.79 Å². The largest absolute Gasteiger partial charge is 0.322 e. The smallest absolute Gasteiger partial charge is 0.320 e. The summed E-state index contributed by atoms with van der Waals surface area (Å²) < 4.78 is 0. The van der Waals surface area contributed by atoms with Crippen LogP contribution in [0.1, 0.15) is 11.3 Å². The van der Waals surface area contributed by atoms with Gasteiger partial charge >= 0.3 is 6.03 Å². The van der Waals surface area contributed by atoms with Gasteiger partial charge in [-0.2, -0.15) is 5.10 Å². The van der Waals surface area contributed by atoms with Crippen LogP contribution in [0.4, 0.5) is 10.5 Å². The van der Waals surface area contributed by atoms with E-state index in [0.717, 1.165) is 28.9 Å². The Morgan fingerprint density at radius 3 is 2.88 bits per heavy atom. The summed E-state index contributed by atoms with van der Waals surface area (Å²) in [4.78, 5) is 18.4. The number of amides is 2. The van der Waals surface area contributed by atoms with Gasteiger partial charge < -0.3 is 10.2 Å². The molecule has 25 heavy (non-hydrogen) atoms. The van der Waals surface area contributed by atoms with Crippen LogP contribution in [0.5, 0.6) is 0 Å². The number of anilines is 1. The number of pyridine rings is 1. The lowest BCUT2D eigenvalue weighted by atomic mass is 10.0. The molecular formula is C18H16ClN5O. The van der Waals surface area contributed by atoms with E-state index >= 15 is 0 Å². The summed E-state index contributed by atoms with van der Waals surface area (Å²) in [5.74, 6) is 0. The molecule has 0 atom stereocenters. The van der Waals surface area contributed by atoms with Crippen molar-refractivity contribution in [3.05, 3.63) is 65.1 Å². The molecular weight excluding hydrogens is 338 g/mol. The van der Waals surface area contributed by atoms with E-state index in [1.54, 1.807) is 29.4 Å². The minimum Gasteiger partial charge on any atom is -0.320 e. The standard InChI is InChI=1S/C18H16ClN5O/c19-13-2-1-3-14(10-13)21-18(25)24-9-6-16-15(11-24)17(23-22-16)12-4-7-20-8-5-12/h1-5,7-8,10H,6,9,11H2,(H,21,25)(H,22,23). The van der Waals surface area contributed by atoms with Gasteiger partial charge in [0.15, 0.2) is 0 Å². The Hall–Kier alpha value is -2.86. The molecule has 126 valence electrons. The van der Waals surface area contributed by atoms with Crippen molar-refractivity contribution in [2.45, 2.75) is 13.0 Å². The van der Waals surface area contributed by atoms with Crippen LogP contribution in [0.25, 0.3) is 11.3 Å².